The number of fused-ring (bicyclic) bond motifs is 4. The number of halogens is 5. The number of anilines is 5. The first kappa shape index (κ1) is 67.9. The summed E-state index contributed by atoms with van der Waals surface area (Å²) in [4.78, 5) is 50.2. The number of benzene rings is 8. The van der Waals surface area contributed by atoms with Gasteiger partial charge in [0.05, 0.1) is 5.56 Å². The normalized spacial score (nSPS) is 12.9. The standard InChI is InChI=1S/C19H22N2O3.C18H16F3NO3.C18H19NO3.C17H15F2NO3/c1-21(2)16-7-3-14(4-8-16)5-10-19(22)20-15-6-9-17-18(13-15)24-12-11-23-17;19-18(20,21)13-3-1-2-12(10-13)4-7-17(23)22-14-5-6-15-16(11-14)25-9-8-24-15;1-13-2-4-14(5-3-13)6-9-18(20)19-15-7-8-16-17(12-15)22-11-10-21-16;18-13-4-1-11(9-14(13)19)2-6-17(21)20-12-3-5-15-16(10-12)23-8-7-22-15/h3-4,6-9,13H,5,10-12H2,1-2H3,(H,20,22);1-3,5-6,10-11H,4,7-9H2,(H,22,23);2-5,7-8,12H,6,9-11H2,1H3,(H,19,20);1,3-5,9-10H,2,6-8H2,(H,20,21). The zero-order valence-corrected chi connectivity index (χ0v) is 52.1. The lowest BCUT2D eigenvalue weighted by atomic mass is 10.1. The second-order valence-electron chi connectivity index (χ2n) is 22.1. The minimum absolute atomic E-state index is 0.00254. The van der Waals surface area contributed by atoms with Crippen molar-refractivity contribution in [3.63, 3.8) is 0 Å². The largest absolute Gasteiger partial charge is 0.486 e. The number of hydrogen-bond donors (Lipinski definition) is 4. The minimum atomic E-state index is -4.39. The Morgan fingerprint density at radius 3 is 1.03 bits per heavy atom. The second-order valence-corrected chi connectivity index (χ2v) is 22.1. The highest BCUT2D eigenvalue weighted by Crippen LogP contribution is 2.37. The maximum Gasteiger partial charge on any atom is 0.416 e. The van der Waals surface area contributed by atoms with Gasteiger partial charge >= 0.3 is 6.18 Å². The van der Waals surface area contributed by atoms with Gasteiger partial charge in [0, 0.05) is 92.5 Å². The quantitative estimate of drug-likeness (QED) is 0.0630. The van der Waals surface area contributed by atoms with Gasteiger partial charge in [-0.25, -0.2) is 8.78 Å². The van der Waals surface area contributed by atoms with Crippen molar-refractivity contribution in [2.24, 2.45) is 0 Å². The fourth-order valence-electron chi connectivity index (χ4n) is 9.72. The Morgan fingerprint density at radius 2 is 0.691 bits per heavy atom. The first-order valence-electron chi connectivity index (χ1n) is 30.6. The third-order valence-corrected chi connectivity index (χ3v) is 14.7. The molecule has 0 aliphatic carbocycles. The van der Waals surface area contributed by atoms with Crippen LogP contribution in [0.1, 0.15) is 59.1 Å². The van der Waals surface area contributed by atoms with Crippen LogP contribution in [-0.4, -0.2) is 90.6 Å². The molecule has 0 unspecified atom stereocenters. The minimum Gasteiger partial charge on any atom is -0.486 e. The van der Waals surface area contributed by atoms with Gasteiger partial charge in [-0.05, 0) is 134 Å². The average Bonchev–Trinajstić information content (AvgIpc) is 1.51. The lowest BCUT2D eigenvalue weighted by molar-refractivity contribution is -0.137. The number of rotatable bonds is 17. The fourth-order valence-corrected chi connectivity index (χ4v) is 9.72. The summed E-state index contributed by atoms with van der Waals surface area (Å²) in [7, 11) is 4.02. The van der Waals surface area contributed by atoms with Crippen LogP contribution in [0.15, 0.2) is 164 Å². The van der Waals surface area contributed by atoms with Crippen LogP contribution in [0, 0.1) is 18.6 Å². The van der Waals surface area contributed by atoms with Crippen LogP contribution in [0.5, 0.6) is 46.0 Å². The van der Waals surface area contributed by atoms with E-state index in [1.165, 1.54) is 23.3 Å². The number of carbonyl (C=O) groups excluding carboxylic acids is 4. The van der Waals surface area contributed by atoms with Crippen molar-refractivity contribution < 1.29 is 79.0 Å². The Kier molecular flexibility index (Phi) is 24.0. The molecule has 8 aromatic carbocycles. The summed E-state index contributed by atoms with van der Waals surface area (Å²) in [6.07, 6.45) is -1.25. The molecule has 0 atom stereocenters. The second kappa shape index (κ2) is 33.2. The van der Waals surface area contributed by atoms with E-state index in [0.717, 1.165) is 64.8 Å². The molecule has 0 bridgehead atoms. The van der Waals surface area contributed by atoms with Gasteiger partial charge in [0.25, 0.3) is 0 Å². The topological polar surface area (TPSA) is 193 Å². The van der Waals surface area contributed by atoms with Gasteiger partial charge in [0.15, 0.2) is 57.6 Å². The highest BCUT2D eigenvalue weighted by molar-refractivity contribution is 5.93. The van der Waals surface area contributed by atoms with Gasteiger partial charge in [-0.15, -0.1) is 0 Å². The molecule has 17 nitrogen and oxygen atoms in total. The molecular formula is C72H72F5N5O12. The molecule has 0 fully saturated rings. The summed E-state index contributed by atoms with van der Waals surface area (Å²) in [5.74, 6) is 2.91. The van der Waals surface area contributed by atoms with Crippen molar-refractivity contribution in [3.05, 3.63) is 209 Å². The number of nitrogens with one attached hydrogen (secondary N) is 4. The van der Waals surface area contributed by atoms with Crippen LogP contribution in [0.25, 0.3) is 0 Å². The Balaban J connectivity index is 0.000000148. The molecule has 0 saturated heterocycles. The van der Waals surface area contributed by atoms with Gasteiger partial charge in [-0.1, -0.05) is 66.2 Å². The molecule has 22 heteroatoms. The van der Waals surface area contributed by atoms with Crippen molar-refractivity contribution in [1.82, 2.24) is 0 Å². The molecule has 4 heterocycles. The Morgan fingerprint density at radius 1 is 0.372 bits per heavy atom. The first-order chi connectivity index (χ1) is 45.3. The number of amides is 4. The molecule has 4 amide bonds. The van der Waals surface area contributed by atoms with E-state index in [1.807, 2.05) is 38.4 Å². The highest BCUT2D eigenvalue weighted by atomic mass is 19.4. The van der Waals surface area contributed by atoms with E-state index < -0.39 is 23.4 Å². The van der Waals surface area contributed by atoms with Crippen LogP contribution in [-0.2, 0) is 51.0 Å². The van der Waals surface area contributed by atoms with Gasteiger partial charge < -0.3 is 64.1 Å². The Labute approximate surface area is 541 Å². The summed E-state index contributed by atoms with van der Waals surface area (Å²) < 4.78 is 108. The van der Waals surface area contributed by atoms with Gasteiger partial charge in [0.1, 0.15) is 52.9 Å². The predicted octanol–water partition coefficient (Wildman–Crippen LogP) is 13.8. The zero-order valence-electron chi connectivity index (χ0n) is 52.1. The average molecular weight is 1290 g/mol. The maximum absolute atomic E-state index is 13.1. The number of alkyl halides is 3. The van der Waals surface area contributed by atoms with Crippen molar-refractivity contribution in [3.8, 4) is 46.0 Å². The molecule has 4 N–H and O–H groups in total. The van der Waals surface area contributed by atoms with E-state index in [2.05, 4.69) is 81.6 Å². The molecule has 0 radical (unpaired) electrons. The Hall–Kier alpha value is -10.5. The van der Waals surface area contributed by atoms with Crippen molar-refractivity contribution in [2.45, 2.75) is 64.5 Å². The van der Waals surface area contributed by atoms with Crippen LogP contribution in [0.4, 0.5) is 50.4 Å². The number of carbonyl (C=O) groups is 4. The van der Waals surface area contributed by atoms with Crippen molar-refractivity contribution in [2.75, 3.05) is 93.1 Å². The first-order valence-corrected chi connectivity index (χ1v) is 30.6. The smallest absolute Gasteiger partial charge is 0.416 e. The highest BCUT2D eigenvalue weighted by Gasteiger charge is 2.30. The van der Waals surface area contributed by atoms with E-state index in [4.69, 9.17) is 37.9 Å². The van der Waals surface area contributed by atoms with Crippen LogP contribution in [0.2, 0.25) is 0 Å². The predicted molar refractivity (Wildman–Crippen MR) is 347 cm³/mol. The molecule has 4 aliphatic rings. The number of aryl methyl sites for hydroxylation is 5. The summed E-state index contributed by atoms with van der Waals surface area (Å²) in [6.45, 7) is 6.16. The molecule has 4 aliphatic heterocycles. The lowest BCUT2D eigenvalue weighted by Crippen LogP contribution is -2.16. The summed E-state index contributed by atoms with van der Waals surface area (Å²) in [6, 6.07) is 46.3. The molecule has 0 spiro atoms. The van der Waals surface area contributed by atoms with Crippen LogP contribution < -0.4 is 64.1 Å². The van der Waals surface area contributed by atoms with Gasteiger partial charge in [0.2, 0.25) is 23.6 Å². The molecule has 94 heavy (non-hydrogen) atoms. The number of hydrogen-bond acceptors (Lipinski definition) is 13. The van der Waals surface area contributed by atoms with E-state index in [9.17, 15) is 41.1 Å². The molecule has 12 rings (SSSR count). The van der Waals surface area contributed by atoms with Gasteiger partial charge in [-0.2, -0.15) is 13.2 Å². The van der Waals surface area contributed by atoms with Crippen LogP contribution >= 0.6 is 0 Å². The van der Waals surface area contributed by atoms with Crippen molar-refractivity contribution in [1.29, 1.82) is 0 Å². The molecule has 0 saturated carbocycles. The number of nitrogens with zero attached hydrogens (tertiary/aromatic N) is 1. The van der Waals surface area contributed by atoms with E-state index in [0.29, 0.717) is 136 Å². The summed E-state index contributed by atoms with van der Waals surface area (Å²) in [5.41, 5.74) is 7.64. The monoisotopic (exact) mass is 1290 g/mol. The molecule has 492 valence electrons. The molecular weight excluding hydrogens is 1220 g/mol. The molecule has 0 aromatic heterocycles. The third-order valence-electron chi connectivity index (χ3n) is 14.7. The summed E-state index contributed by atoms with van der Waals surface area (Å²) in [5, 5.41) is 11.3. The maximum atomic E-state index is 13.1. The zero-order chi connectivity index (χ0) is 66.4. The number of ether oxygens (including phenoxy) is 8. The fraction of sp³-hybridized carbons (Fsp3) is 0.278. The lowest BCUT2D eigenvalue weighted by Gasteiger charge is -2.19. The van der Waals surface area contributed by atoms with E-state index in [1.54, 1.807) is 54.6 Å². The van der Waals surface area contributed by atoms with Gasteiger partial charge in [-0.3, -0.25) is 19.2 Å². The van der Waals surface area contributed by atoms with E-state index in [-0.39, 0.29) is 42.9 Å². The van der Waals surface area contributed by atoms with E-state index >= 15 is 0 Å². The summed E-state index contributed by atoms with van der Waals surface area (Å²) >= 11 is 0. The van der Waals surface area contributed by atoms with Crippen LogP contribution in [0.3, 0.4) is 0 Å². The Bertz CT molecular complexity index is 3890. The third kappa shape index (κ3) is 21.0. The SMILES string of the molecule is CN(C)c1ccc(CCC(=O)Nc2ccc3c(c2)OCCO3)cc1.Cc1ccc(CCC(=O)Nc2ccc3c(c2)OCCO3)cc1.O=C(CCc1ccc(F)c(F)c1)Nc1ccc2c(c1)OCCO2.O=C(CCc1cccc(C(F)(F)F)c1)Nc1ccc2c(c1)OCCO2. The molecule has 8 aromatic rings. The van der Waals surface area contributed by atoms with Crippen molar-refractivity contribution >= 4 is 52.1 Å².